The second-order valence-electron chi connectivity index (χ2n) is 6.08. The second-order valence-corrected chi connectivity index (χ2v) is 8.18. The van der Waals surface area contributed by atoms with Crippen LogP contribution in [-0.4, -0.2) is 42.6 Å². The number of ether oxygens (including phenoxy) is 1. The molecule has 23 heavy (non-hydrogen) atoms. The van der Waals surface area contributed by atoms with Crippen molar-refractivity contribution in [3.63, 3.8) is 0 Å². The van der Waals surface area contributed by atoms with E-state index in [1.165, 1.54) is 6.20 Å². The van der Waals surface area contributed by atoms with E-state index in [1.807, 2.05) is 0 Å². The zero-order valence-corrected chi connectivity index (χ0v) is 14.7. The van der Waals surface area contributed by atoms with E-state index >= 15 is 0 Å². The predicted molar refractivity (Wildman–Crippen MR) is 86.6 cm³/mol. The van der Waals surface area contributed by atoms with Gasteiger partial charge in [0.1, 0.15) is 0 Å². The highest BCUT2D eigenvalue weighted by molar-refractivity contribution is 7.90. The first-order valence-corrected chi connectivity index (χ1v) is 9.56. The zero-order valence-electron chi connectivity index (χ0n) is 13.9. The summed E-state index contributed by atoms with van der Waals surface area (Å²) >= 11 is 0. The third-order valence-corrected chi connectivity index (χ3v) is 6.32. The van der Waals surface area contributed by atoms with Crippen molar-refractivity contribution in [2.45, 2.75) is 51.8 Å². The normalized spacial score (nSPS) is 17.9. The third kappa shape index (κ3) is 4.32. The van der Waals surface area contributed by atoms with Gasteiger partial charge in [-0.05, 0) is 39.0 Å². The maximum Gasteiger partial charge on any atom is 0.268 e. The number of aromatic nitrogens is 2. The van der Waals surface area contributed by atoms with Crippen molar-refractivity contribution in [3.05, 3.63) is 17.5 Å². The number of sulfonamides is 1. The quantitative estimate of drug-likeness (QED) is 0.845. The predicted octanol–water partition coefficient (Wildman–Crippen LogP) is 1.48. The zero-order chi connectivity index (χ0) is 17.0. The molecule has 0 bridgehead atoms. The number of carbonyl (C=O) groups excluding carboxylic acids is 1. The van der Waals surface area contributed by atoms with Crippen LogP contribution >= 0.6 is 0 Å². The maximum atomic E-state index is 12.2. The molecule has 7 nitrogen and oxygen atoms in total. The van der Waals surface area contributed by atoms with E-state index < -0.39 is 21.2 Å². The Hall–Kier alpha value is -1.41. The van der Waals surface area contributed by atoms with Crippen LogP contribution in [0.1, 0.15) is 49.2 Å². The minimum atomic E-state index is -3.65. The van der Waals surface area contributed by atoms with Crippen LogP contribution in [0.2, 0.25) is 0 Å². The molecule has 1 aromatic rings. The van der Waals surface area contributed by atoms with Gasteiger partial charge in [0, 0.05) is 25.5 Å². The van der Waals surface area contributed by atoms with Gasteiger partial charge in [0.25, 0.3) is 5.91 Å². The Morgan fingerprint density at radius 2 is 2.13 bits per heavy atom. The molecule has 0 aromatic carbocycles. The van der Waals surface area contributed by atoms with E-state index in [2.05, 4.69) is 9.82 Å². The van der Waals surface area contributed by atoms with E-state index in [0.29, 0.717) is 23.6 Å². The molecule has 0 saturated carbocycles. The van der Waals surface area contributed by atoms with E-state index in [0.717, 1.165) is 32.6 Å². The molecule has 1 N–H and O–H groups in total. The van der Waals surface area contributed by atoms with E-state index in [-0.39, 0.29) is 0 Å². The highest BCUT2D eigenvalue weighted by Crippen LogP contribution is 2.18. The highest BCUT2D eigenvalue weighted by Gasteiger charge is 2.25. The topological polar surface area (TPSA) is 90.3 Å². The molecule has 1 saturated heterocycles. The molecule has 1 aliphatic rings. The summed E-state index contributed by atoms with van der Waals surface area (Å²) in [5, 5.41) is 3.64. The molecule has 0 unspecified atom stereocenters. The van der Waals surface area contributed by atoms with Gasteiger partial charge in [0.2, 0.25) is 10.0 Å². The summed E-state index contributed by atoms with van der Waals surface area (Å²) < 4.78 is 33.3. The standard InChI is InChI=1S/C15H25N3O4S/c1-4-11(2)23(20,21)17-15(19)14-9-16-18(12(14)3)10-13-5-7-22-8-6-13/h9,11,13H,4-8,10H2,1-3H3,(H,17,19)/t11-/m1/s1. The smallest absolute Gasteiger partial charge is 0.268 e. The van der Waals surface area contributed by atoms with E-state index in [1.54, 1.807) is 25.5 Å². The number of hydrogen-bond acceptors (Lipinski definition) is 5. The lowest BCUT2D eigenvalue weighted by Crippen LogP contribution is -2.37. The van der Waals surface area contributed by atoms with Crippen molar-refractivity contribution < 1.29 is 17.9 Å². The Kier molecular flexibility index (Phi) is 5.80. The van der Waals surface area contributed by atoms with Gasteiger partial charge >= 0.3 is 0 Å². The lowest BCUT2D eigenvalue weighted by Gasteiger charge is -2.22. The van der Waals surface area contributed by atoms with Crippen molar-refractivity contribution in [1.29, 1.82) is 0 Å². The molecule has 8 heteroatoms. The molecule has 0 spiro atoms. The van der Waals surface area contributed by atoms with Crippen LogP contribution in [0.5, 0.6) is 0 Å². The first kappa shape index (κ1) is 17.9. The van der Waals surface area contributed by atoms with Crippen molar-refractivity contribution >= 4 is 15.9 Å². The summed E-state index contributed by atoms with van der Waals surface area (Å²) in [6.45, 7) is 7.37. The van der Waals surface area contributed by atoms with Crippen LogP contribution in [0.4, 0.5) is 0 Å². The van der Waals surface area contributed by atoms with Crippen LogP contribution in [0, 0.1) is 12.8 Å². The Morgan fingerprint density at radius 3 is 2.74 bits per heavy atom. The Balaban J connectivity index is 2.07. The molecule has 1 aromatic heterocycles. The maximum absolute atomic E-state index is 12.2. The second kappa shape index (κ2) is 7.44. The average molecular weight is 343 g/mol. The number of rotatable bonds is 6. The van der Waals surface area contributed by atoms with Gasteiger partial charge in [-0.2, -0.15) is 5.10 Å². The fourth-order valence-corrected chi connectivity index (χ4v) is 3.54. The molecular weight excluding hydrogens is 318 g/mol. The van der Waals surface area contributed by atoms with Crippen LogP contribution in [0.3, 0.4) is 0 Å². The summed E-state index contributed by atoms with van der Waals surface area (Å²) in [6, 6.07) is 0. The highest BCUT2D eigenvalue weighted by atomic mass is 32.2. The summed E-state index contributed by atoms with van der Waals surface area (Å²) in [5.74, 6) is -0.136. The molecule has 130 valence electrons. The van der Waals surface area contributed by atoms with Crippen LogP contribution < -0.4 is 4.72 Å². The first-order chi connectivity index (χ1) is 10.8. The summed E-state index contributed by atoms with van der Waals surface area (Å²) in [4.78, 5) is 12.2. The molecule has 0 aliphatic carbocycles. The number of nitrogens with zero attached hydrogens (tertiary/aromatic N) is 2. The number of nitrogens with one attached hydrogen (secondary N) is 1. The minimum Gasteiger partial charge on any atom is -0.381 e. The van der Waals surface area contributed by atoms with Gasteiger partial charge in [0.05, 0.1) is 17.0 Å². The van der Waals surface area contributed by atoms with Gasteiger partial charge in [-0.1, -0.05) is 6.92 Å². The summed E-state index contributed by atoms with van der Waals surface area (Å²) in [6.07, 6.45) is 3.84. The SMILES string of the molecule is CC[C@@H](C)S(=O)(=O)NC(=O)c1cnn(CC2CCOCC2)c1C. The summed E-state index contributed by atoms with van der Waals surface area (Å²) in [5.41, 5.74) is 0.997. The average Bonchev–Trinajstić information content (AvgIpc) is 2.88. The van der Waals surface area contributed by atoms with Crippen molar-refractivity contribution in [2.75, 3.05) is 13.2 Å². The third-order valence-electron chi connectivity index (χ3n) is 4.46. The summed E-state index contributed by atoms with van der Waals surface area (Å²) in [7, 11) is -3.65. The minimum absolute atomic E-state index is 0.309. The van der Waals surface area contributed by atoms with Crippen molar-refractivity contribution in [3.8, 4) is 0 Å². The van der Waals surface area contributed by atoms with Crippen molar-refractivity contribution in [1.82, 2.24) is 14.5 Å². The van der Waals surface area contributed by atoms with Gasteiger partial charge < -0.3 is 4.74 Å². The molecule has 1 fully saturated rings. The van der Waals surface area contributed by atoms with Gasteiger partial charge in [-0.15, -0.1) is 0 Å². The molecule has 1 amide bonds. The largest absolute Gasteiger partial charge is 0.381 e. The molecule has 2 heterocycles. The van der Waals surface area contributed by atoms with Crippen LogP contribution in [0.15, 0.2) is 6.20 Å². The Bertz CT molecular complexity index is 648. The number of carbonyl (C=O) groups is 1. The Labute approximate surface area is 137 Å². The fraction of sp³-hybridized carbons (Fsp3) is 0.733. The lowest BCUT2D eigenvalue weighted by molar-refractivity contribution is 0.0599. The molecule has 0 radical (unpaired) electrons. The molecule has 1 atom stereocenters. The number of amides is 1. The fourth-order valence-electron chi connectivity index (χ4n) is 2.53. The molecule has 2 rings (SSSR count). The Morgan fingerprint density at radius 1 is 1.48 bits per heavy atom. The van der Waals surface area contributed by atoms with Crippen LogP contribution in [0.25, 0.3) is 0 Å². The van der Waals surface area contributed by atoms with Gasteiger partial charge in [-0.3, -0.25) is 9.48 Å². The van der Waals surface area contributed by atoms with Crippen LogP contribution in [-0.2, 0) is 21.3 Å². The number of hydrogen-bond donors (Lipinski definition) is 1. The van der Waals surface area contributed by atoms with Gasteiger partial charge in [-0.25, -0.2) is 13.1 Å². The molecule has 1 aliphatic heterocycles. The lowest BCUT2D eigenvalue weighted by atomic mass is 10.0. The van der Waals surface area contributed by atoms with E-state index in [4.69, 9.17) is 4.74 Å². The first-order valence-electron chi connectivity index (χ1n) is 8.01. The molecular formula is C15H25N3O4S. The van der Waals surface area contributed by atoms with Gasteiger partial charge in [0.15, 0.2) is 0 Å². The van der Waals surface area contributed by atoms with E-state index in [9.17, 15) is 13.2 Å². The monoisotopic (exact) mass is 343 g/mol. The van der Waals surface area contributed by atoms with Crippen molar-refractivity contribution in [2.24, 2.45) is 5.92 Å².